The lowest BCUT2D eigenvalue weighted by molar-refractivity contribution is 0.286. The average Bonchev–Trinajstić information content (AvgIpc) is 3.00. The van der Waals surface area contributed by atoms with Crippen molar-refractivity contribution >= 4 is 16.1 Å². The Morgan fingerprint density at radius 1 is 0.659 bits per heavy atom. The maximum Gasteiger partial charge on any atom is 0.200 e. The molecule has 0 N–H and O–H groups in total. The summed E-state index contributed by atoms with van der Waals surface area (Å²) in [5, 5.41) is 0. The van der Waals surface area contributed by atoms with E-state index in [9.17, 15) is 8.78 Å². The number of halogens is 4. The van der Waals surface area contributed by atoms with E-state index in [1.807, 2.05) is 0 Å². The van der Waals surface area contributed by atoms with Gasteiger partial charge in [-0.3, -0.25) is 0 Å². The minimum atomic E-state index is -1.29. The summed E-state index contributed by atoms with van der Waals surface area (Å²) in [6.07, 6.45) is 6.83. The summed E-state index contributed by atoms with van der Waals surface area (Å²) in [5.41, 5.74) is 0.670. The van der Waals surface area contributed by atoms with Crippen LogP contribution in [0.15, 0.2) is 24.3 Å². The lowest BCUT2D eigenvalue weighted by Crippen LogP contribution is -2.32. The van der Waals surface area contributed by atoms with E-state index in [0.717, 1.165) is 18.8 Å². The highest BCUT2D eigenvalue weighted by atomic mass is 28.3. The van der Waals surface area contributed by atoms with E-state index < -0.39 is 39.4 Å². The van der Waals surface area contributed by atoms with Crippen LogP contribution in [0, 0.1) is 29.2 Å². The topological polar surface area (TPSA) is 18.5 Å². The standard InChI is InChI=1S/C36H56F4O2Si2/c1-8-26(3)20-23-44(6,7)25-24-43(4,5)22-11-10-21-42-32-19-17-30(34(38)36(32)40)28-14-12-27(13-15-28)29-16-18-31(41-9-2)35(39)33(29)37/h16-19,26-28H,8-15,20-25H2,1-7H3. The smallest absolute Gasteiger partial charge is 0.200 e. The Balaban J connectivity index is 1.45. The molecule has 3 rings (SSSR count). The van der Waals surface area contributed by atoms with Gasteiger partial charge in [-0.05, 0) is 80.0 Å². The molecule has 2 aromatic rings. The van der Waals surface area contributed by atoms with Gasteiger partial charge < -0.3 is 9.47 Å². The van der Waals surface area contributed by atoms with Crippen LogP contribution in [0.2, 0.25) is 50.4 Å². The molecule has 0 spiro atoms. The quantitative estimate of drug-likeness (QED) is 0.0962. The second-order valence-corrected chi connectivity index (χ2v) is 25.4. The monoisotopic (exact) mass is 652 g/mol. The summed E-state index contributed by atoms with van der Waals surface area (Å²) in [6.45, 7) is 17.1. The second kappa shape index (κ2) is 16.7. The molecule has 0 heterocycles. The highest BCUT2D eigenvalue weighted by molar-refractivity contribution is 6.82. The van der Waals surface area contributed by atoms with Gasteiger partial charge in [0.25, 0.3) is 0 Å². The summed E-state index contributed by atoms with van der Waals surface area (Å²) >= 11 is 0. The number of hydrogen-bond acceptors (Lipinski definition) is 2. The summed E-state index contributed by atoms with van der Waals surface area (Å²) in [5.74, 6) is -3.23. The van der Waals surface area contributed by atoms with Crippen LogP contribution < -0.4 is 9.47 Å². The molecule has 1 aliphatic rings. The fraction of sp³-hybridized carbons (Fsp3) is 0.667. The molecule has 1 atom stereocenters. The summed E-state index contributed by atoms with van der Waals surface area (Å²) < 4.78 is 70.1. The molecule has 0 bridgehead atoms. The Labute approximate surface area is 266 Å². The van der Waals surface area contributed by atoms with Crippen molar-refractivity contribution in [2.45, 2.75) is 134 Å². The second-order valence-electron chi connectivity index (χ2n) is 14.7. The van der Waals surface area contributed by atoms with Crippen molar-refractivity contribution in [3.63, 3.8) is 0 Å². The highest BCUT2D eigenvalue weighted by Gasteiger charge is 2.30. The molecule has 0 saturated heterocycles. The van der Waals surface area contributed by atoms with Crippen LogP contribution in [0.4, 0.5) is 17.6 Å². The van der Waals surface area contributed by atoms with Gasteiger partial charge in [-0.25, -0.2) is 8.78 Å². The molecule has 1 unspecified atom stereocenters. The predicted octanol–water partition coefficient (Wildman–Crippen LogP) is 12.1. The molecular weight excluding hydrogens is 597 g/mol. The Morgan fingerprint density at radius 3 is 1.61 bits per heavy atom. The van der Waals surface area contributed by atoms with Gasteiger partial charge >= 0.3 is 0 Å². The fourth-order valence-electron chi connectivity index (χ4n) is 6.47. The molecule has 0 amide bonds. The van der Waals surface area contributed by atoms with Crippen molar-refractivity contribution < 1.29 is 27.0 Å². The van der Waals surface area contributed by atoms with Gasteiger partial charge in [0, 0.05) is 16.1 Å². The van der Waals surface area contributed by atoms with Crippen LogP contribution >= 0.6 is 0 Å². The van der Waals surface area contributed by atoms with Gasteiger partial charge in [0.15, 0.2) is 23.1 Å². The van der Waals surface area contributed by atoms with Crippen LogP contribution in [0.3, 0.4) is 0 Å². The van der Waals surface area contributed by atoms with Crippen molar-refractivity contribution in [2.24, 2.45) is 5.92 Å². The lowest BCUT2D eigenvalue weighted by Gasteiger charge is -2.30. The number of benzene rings is 2. The molecule has 1 saturated carbocycles. The van der Waals surface area contributed by atoms with Crippen LogP contribution in [-0.2, 0) is 0 Å². The summed E-state index contributed by atoms with van der Waals surface area (Å²) in [6, 6.07) is 11.7. The summed E-state index contributed by atoms with van der Waals surface area (Å²) in [7, 11) is -2.44. The zero-order valence-electron chi connectivity index (χ0n) is 28.3. The van der Waals surface area contributed by atoms with Crippen LogP contribution in [-0.4, -0.2) is 29.4 Å². The Bertz CT molecular complexity index is 1200. The minimum Gasteiger partial charge on any atom is -0.491 e. The third-order valence-corrected chi connectivity index (χ3v) is 17.1. The van der Waals surface area contributed by atoms with E-state index in [1.165, 1.54) is 43.1 Å². The van der Waals surface area contributed by atoms with E-state index in [2.05, 4.69) is 40.0 Å². The Kier molecular flexibility index (Phi) is 13.9. The van der Waals surface area contributed by atoms with Gasteiger partial charge in [0.1, 0.15) is 0 Å². The lowest BCUT2D eigenvalue weighted by atomic mass is 9.76. The van der Waals surface area contributed by atoms with E-state index >= 15 is 8.78 Å². The third kappa shape index (κ3) is 10.4. The van der Waals surface area contributed by atoms with Crippen molar-refractivity contribution in [3.05, 3.63) is 58.7 Å². The third-order valence-electron chi connectivity index (χ3n) is 10.1. The van der Waals surface area contributed by atoms with Gasteiger partial charge in [0.05, 0.1) is 13.2 Å². The van der Waals surface area contributed by atoms with Crippen molar-refractivity contribution in [2.75, 3.05) is 13.2 Å². The fourth-order valence-corrected chi connectivity index (χ4v) is 14.9. The molecule has 8 heteroatoms. The van der Waals surface area contributed by atoms with Gasteiger partial charge in [0.2, 0.25) is 11.6 Å². The Morgan fingerprint density at radius 2 is 1.14 bits per heavy atom. The molecule has 44 heavy (non-hydrogen) atoms. The van der Waals surface area contributed by atoms with E-state index in [1.54, 1.807) is 25.1 Å². The van der Waals surface area contributed by atoms with Crippen molar-refractivity contribution in [3.8, 4) is 11.5 Å². The first-order valence-electron chi connectivity index (χ1n) is 17.0. The first kappa shape index (κ1) is 36.7. The maximum absolute atomic E-state index is 15.2. The van der Waals surface area contributed by atoms with Gasteiger partial charge in [-0.15, -0.1) is 0 Å². The Hall–Kier alpha value is -1.81. The molecule has 2 aromatic carbocycles. The largest absolute Gasteiger partial charge is 0.491 e. The first-order chi connectivity index (χ1) is 20.8. The van der Waals surface area contributed by atoms with E-state index in [4.69, 9.17) is 9.47 Å². The normalized spacial score (nSPS) is 18.3. The molecule has 1 fully saturated rings. The van der Waals surface area contributed by atoms with Crippen molar-refractivity contribution in [1.29, 1.82) is 0 Å². The molecule has 1 aliphatic carbocycles. The number of rotatable bonds is 17. The molecule has 2 nitrogen and oxygen atoms in total. The maximum atomic E-state index is 15.2. The number of unbranched alkanes of at least 4 members (excludes halogenated alkanes) is 1. The molecule has 0 aliphatic heterocycles. The highest BCUT2D eigenvalue weighted by Crippen LogP contribution is 2.43. The molecule has 0 radical (unpaired) electrons. The average molecular weight is 653 g/mol. The van der Waals surface area contributed by atoms with Crippen LogP contribution in [0.1, 0.15) is 95.1 Å². The number of ether oxygens (including phenoxy) is 2. The first-order valence-corrected chi connectivity index (χ1v) is 23.8. The van der Waals surface area contributed by atoms with E-state index in [0.29, 0.717) is 43.4 Å². The van der Waals surface area contributed by atoms with E-state index in [-0.39, 0.29) is 29.9 Å². The molecule has 0 aromatic heterocycles. The predicted molar refractivity (Wildman–Crippen MR) is 181 cm³/mol. The van der Waals surface area contributed by atoms with Gasteiger partial charge in [-0.1, -0.05) is 95.6 Å². The number of hydrogen-bond donors (Lipinski definition) is 0. The molecular formula is C36H56F4O2Si2. The van der Waals surface area contributed by atoms with Crippen LogP contribution in [0.5, 0.6) is 11.5 Å². The van der Waals surface area contributed by atoms with Gasteiger partial charge in [-0.2, -0.15) is 8.78 Å². The summed E-state index contributed by atoms with van der Waals surface area (Å²) in [4.78, 5) is 0. The van der Waals surface area contributed by atoms with Crippen molar-refractivity contribution in [1.82, 2.24) is 0 Å². The SMILES string of the molecule is CCOc1ccc(C2CCC(c3ccc(OCCCC[Si](C)(C)CC[Si](C)(C)CCC(C)CC)c(F)c3F)CC2)c(F)c1F. The molecule has 248 valence electrons. The van der Waals surface area contributed by atoms with Crippen LogP contribution in [0.25, 0.3) is 0 Å². The zero-order chi connectivity index (χ0) is 32.5. The minimum absolute atomic E-state index is 0.0302. The zero-order valence-corrected chi connectivity index (χ0v) is 30.3.